The van der Waals surface area contributed by atoms with Gasteiger partial charge in [0.05, 0.1) is 10.6 Å². The van der Waals surface area contributed by atoms with Crippen LogP contribution in [-0.4, -0.2) is 26.6 Å². The second-order valence-electron chi connectivity index (χ2n) is 5.62. The van der Waals surface area contributed by atoms with Crippen LogP contribution in [-0.2, 0) is 14.8 Å². The fraction of sp³-hybridized carbons (Fsp3) is 0.235. The Balaban J connectivity index is 1.98. The summed E-state index contributed by atoms with van der Waals surface area (Å²) in [5.74, 6) is 0.817. The fourth-order valence-corrected chi connectivity index (χ4v) is 5.06. The SMILES string of the molecule is CC(=O)N1CCCSc2ccc(S(=O)(=O)Nc3cccc(Br)c3)cc21. The van der Waals surface area contributed by atoms with Gasteiger partial charge in [0, 0.05) is 28.5 Å². The Bertz CT molecular complexity index is 916. The van der Waals surface area contributed by atoms with E-state index < -0.39 is 10.0 Å². The predicted molar refractivity (Wildman–Crippen MR) is 105 cm³/mol. The molecule has 1 aliphatic heterocycles. The summed E-state index contributed by atoms with van der Waals surface area (Å²) >= 11 is 4.97. The Labute approximate surface area is 160 Å². The monoisotopic (exact) mass is 440 g/mol. The van der Waals surface area contributed by atoms with Crippen LogP contribution in [0.15, 0.2) is 56.7 Å². The van der Waals surface area contributed by atoms with Crippen LogP contribution in [0, 0.1) is 0 Å². The van der Waals surface area contributed by atoms with Crippen molar-refractivity contribution in [2.24, 2.45) is 0 Å². The Hall–Kier alpha value is -1.51. The molecule has 1 aliphatic rings. The van der Waals surface area contributed by atoms with Gasteiger partial charge in [0.1, 0.15) is 0 Å². The lowest BCUT2D eigenvalue weighted by Crippen LogP contribution is -2.29. The Morgan fingerprint density at radius 3 is 2.76 bits per heavy atom. The van der Waals surface area contributed by atoms with Crippen LogP contribution in [0.4, 0.5) is 11.4 Å². The van der Waals surface area contributed by atoms with Crippen molar-refractivity contribution in [1.82, 2.24) is 0 Å². The molecule has 5 nitrogen and oxygen atoms in total. The molecule has 0 saturated carbocycles. The number of nitrogens with zero attached hydrogens (tertiary/aromatic N) is 1. The van der Waals surface area contributed by atoms with Crippen LogP contribution in [0.2, 0.25) is 0 Å². The summed E-state index contributed by atoms with van der Waals surface area (Å²) in [7, 11) is -3.74. The van der Waals surface area contributed by atoms with Crippen LogP contribution in [0.3, 0.4) is 0 Å². The van der Waals surface area contributed by atoms with Crippen LogP contribution in [0.1, 0.15) is 13.3 Å². The minimum Gasteiger partial charge on any atom is -0.311 e. The first-order valence-electron chi connectivity index (χ1n) is 7.70. The molecule has 1 heterocycles. The number of carbonyl (C=O) groups is 1. The van der Waals surface area contributed by atoms with Gasteiger partial charge < -0.3 is 4.90 Å². The minimum absolute atomic E-state index is 0.0850. The number of halogens is 1. The normalized spacial score (nSPS) is 14.6. The zero-order valence-electron chi connectivity index (χ0n) is 13.5. The summed E-state index contributed by atoms with van der Waals surface area (Å²) < 4.78 is 28.8. The van der Waals surface area contributed by atoms with Crippen LogP contribution in [0.5, 0.6) is 0 Å². The highest BCUT2D eigenvalue weighted by atomic mass is 79.9. The maximum absolute atomic E-state index is 12.7. The second-order valence-corrected chi connectivity index (χ2v) is 9.35. The Morgan fingerprint density at radius 1 is 1.24 bits per heavy atom. The number of anilines is 2. The van der Waals surface area contributed by atoms with Crippen molar-refractivity contribution in [3.05, 3.63) is 46.9 Å². The van der Waals surface area contributed by atoms with Crippen molar-refractivity contribution in [3.63, 3.8) is 0 Å². The Morgan fingerprint density at radius 2 is 2.04 bits per heavy atom. The van der Waals surface area contributed by atoms with E-state index in [0.29, 0.717) is 17.9 Å². The van der Waals surface area contributed by atoms with Crippen LogP contribution in [0.25, 0.3) is 0 Å². The summed E-state index contributed by atoms with van der Waals surface area (Å²) in [4.78, 5) is 14.7. The van der Waals surface area contributed by atoms with E-state index in [9.17, 15) is 13.2 Å². The number of benzene rings is 2. The summed E-state index contributed by atoms with van der Waals surface area (Å²) in [6.45, 7) is 2.10. The number of sulfonamides is 1. The van der Waals surface area contributed by atoms with Gasteiger partial charge >= 0.3 is 0 Å². The molecular weight excluding hydrogens is 424 g/mol. The van der Waals surface area contributed by atoms with E-state index in [4.69, 9.17) is 0 Å². The standard InChI is InChI=1S/C17H17BrN2O3S2/c1-12(21)20-8-3-9-24-17-7-6-15(11-16(17)20)25(22,23)19-14-5-2-4-13(18)10-14/h2,4-7,10-11,19H,3,8-9H2,1H3. The lowest BCUT2D eigenvalue weighted by molar-refractivity contribution is -0.116. The van der Waals surface area contributed by atoms with Gasteiger partial charge in [0.15, 0.2) is 0 Å². The van der Waals surface area contributed by atoms with E-state index in [1.807, 2.05) is 6.07 Å². The van der Waals surface area contributed by atoms with Gasteiger partial charge in [-0.25, -0.2) is 8.42 Å². The molecule has 8 heteroatoms. The topological polar surface area (TPSA) is 66.5 Å². The lowest BCUT2D eigenvalue weighted by atomic mass is 10.2. The lowest BCUT2D eigenvalue weighted by Gasteiger charge is -2.21. The number of hydrogen-bond acceptors (Lipinski definition) is 4. The zero-order valence-corrected chi connectivity index (χ0v) is 16.7. The van der Waals surface area contributed by atoms with Crippen molar-refractivity contribution >= 4 is 55.0 Å². The smallest absolute Gasteiger partial charge is 0.261 e. The molecule has 2 aromatic rings. The third-order valence-electron chi connectivity index (χ3n) is 3.77. The summed E-state index contributed by atoms with van der Waals surface area (Å²) in [6.07, 6.45) is 0.872. The molecule has 0 unspecified atom stereocenters. The highest BCUT2D eigenvalue weighted by Crippen LogP contribution is 2.36. The predicted octanol–water partition coefficient (Wildman–Crippen LogP) is 4.10. The van der Waals surface area contributed by atoms with Gasteiger partial charge in [0.25, 0.3) is 10.0 Å². The molecule has 25 heavy (non-hydrogen) atoms. The first kappa shape index (κ1) is 18.3. The fourth-order valence-electron chi connectivity index (χ4n) is 2.62. The molecule has 132 valence electrons. The van der Waals surface area contributed by atoms with Crippen LogP contribution < -0.4 is 9.62 Å². The second kappa shape index (κ2) is 7.39. The van der Waals surface area contributed by atoms with Gasteiger partial charge in [-0.3, -0.25) is 9.52 Å². The molecule has 1 N–H and O–H groups in total. The number of thioether (sulfide) groups is 1. The molecule has 3 rings (SSSR count). The Kier molecular flexibility index (Phi) is 5.41. The molecular formula is C17H17BrN2O3S2. The molecule has 0 radical (unpaired) electrons. The molecule has 0 aliphatic carbocycles. The molecule has 0 fully saturated rings. The van der Waals surface area contributed by atoms with Crippen molar-refractivity contribution in [2.45, 2.75) is 23.1 Å². The van der Waals surface area contributed by atoms with Crippen molar-refractivity contribution in [2.75, 3.05) is 21.9 Å². The number of carbonyl (C=O) groups excluding carboxylic acids is 1. The molecule has 0 spiro atoms. The molecule has 0 atom stereocenters. The number of amides is 1. The van der Waals surface area contributed by atoms with E-state index in [2.05, 4.69) is 20.7 Å². The first-order valence-corrected chi connectivity index (χ1v) is 11.0. The molecule has 0 aromatic heterocycles. The van der Waals surface area contributed by atoms with E-state index >= 15 is 0 Å². The maximum atomic E-state index is 12.7. The van der Waals surface area contributed by atoms with E-state index in [1.54, 1.807) is 53.1 Å². The van der Waals surface area contributed by atoms with E-state index in [1.165, 1.54) is 6.92 Å². The zero-order chi connectivity index (χ0) is 18.0. The molecule has 0 bridgehead atoms. The minimum atomic E-state index is -3.74. The van der Waals surface area contributed by atoms with E-state index in [-0.39, 0.29) is 10.8 Å². The van der Waals surface area contributed by atoms with Crippen molar-refractivity contribution in [3.8, 4) is 0 Å². The van der Waals surface area contributed by atoms with Gasteiger partial charge in [-0.05, 0) is 48.6 Å². The van der Waals surface area contributed by atoms with E-state index in [0.717, 1.165) is 21.5 Å². The average Bonchev–Trinajstić information content (AvgIpc) is 2.76. The van der Waals surface area contributed by atoms with Crippen LogP contribution >= 0.6 is 27.7 Å². The highest BCUT2D eigenvalue weighted by molar-refractivity contribution is 9.10. The third kappa shape index (κ3) is 4.19. The number of fused-ring (bicyclic) bond motifs is 1. The average molecular weight is 441 g/mol. The molecule has 2 aromatic carbocycles. The largest absolute Gasteiger partial charge is 0.311 e. The number of nitrogens with one attached hydrogen (secondary N) is 1. The maximum Gasteiger partial charge on any atom is 0.261 e. The van der Waals surface area contributed by atoms with Gasteiger partial charge in [-0.15, -0.1) is 11.8 Å². The molecule has 0 saturated heterocycles. The first-order chi connectivity index (χ1) is 11.9. The summed E-state index contributed by atoms with van der Waals surface area (Å²) in [6, 6.07) is 11.9. The highest BCUT2D eigenvalue weighted by Gasteiger charge is 2.23. The van der Waals surface area contributed by atoms with Crippen molar-refractivity contribution < 1.29 is 13.2 Å². The van der Waals surface area contributed by atoms with Gasteiger partial charge in [-0.1, -0.05) is 22.0 Å². The third-order valence-corrected chi connectivity index (χ3v) is 6.79. The number of hydrogen-bond donors (Lipinski definition) is 1. The molecule has 1 amide bonds. The van der Waals surface area contributed by atoms with Gasteiger partial charge in [-0.2, -0.15) is 0 Å². The van der Waals surface area contributed by atoms with Gasteiger partial charge in [0.2, 0.25) is 5.91 Å². The summed E-state index contributed by atoms with van der Waals surface area (Å²) in [5.41, 5.74) is 1.13. The summed E-state index contributed by atoms with van der Waals surface area (Å²) in [5, 5.41) is 0. The number of rotatable bonds is 3. The van der Waals surface area contributed by atoms with Crippen molar-refractivity contribution in [1.29, 1.82) is 0 Å². The quantitative estimate of drug-likeness (QED) is 0.779.